The van der Waals surface area contributed by atoms with Crippen molar-refractivity contribution in [3.8, 4) is 5.75 Å². The van der Waals surface area contributed by atoms with Gasteiger partial charge < -0.3 is 14.8 Å². The quantitative estimate of drug-likeness (QED) is 0.189. The zero-order valence-electron chi connectivity index (χ0n) is 26.7. The van der Waals surface area contributed by atoms with Gasteiger partial charge in [0.05, 0.1) is 17.9 Å². The Balaban J connectivity index is 1.17. The zero-order chi connectivity index (χ0) is 31.5. The third kappa shape index (κ3) is 6.84. The van der Waals surface area contributed by atoms with Crippen LogP contribution in [0.15, 0.2) is 71.3 Å². The van der Waals surface area contributed by atoms with Crippen LogP contribution in [0.25, 0.3) is 6.08 Å². The molecule has 4 aliphatic rings. The van der Waals surface area contributed by atoms with Gasteiger partial charge in [-0.2, -0.15) is 0 Å². The number of phenols is 1. The van der Waals surface area contributed by atoms with Gasteiger partial charge in [0, 0.05) is 25.7 Å². The number of imide groups is 1. The highest BCUT2D eigenvalue weighted by molar-refractivity contribution is 6.43. The highest BCUT2D eigenvalue weighted by Crippen LogP contribution is 2.52. The number of carbonyl (C=O) groups is 2. The number of hydrogen-bond donors (Lipinski definition) is 2. The van der Waals surface area contributed by atoms with Crippen molar-refractivity contribution in [1.29, 1.82) is 0 Å². The molecule has 2 aromatic carbocycles. The molecule has 4 atom stereocenters. The molecule has 8 heteroatoms. The maximum atomic E-state index is 14.2. The minimum Gasteiger partial charge on any atom is -0.508 e. The Morgan fingerprint density at radius 2 is 1.71 bits per heavy atom. The number of benzene rings is 2. The van der Waals surface area contributed by atoms with Gasteiger partial charge in [0.15, 0.2) is 0 Å². The first kappa shape index (κ1) is 31.8. The topological polar surface area (TPSA) is 90.3 Å². The van der Waals surface area contributed by atoms with Crippen LogP contribution in [-0.4, -0.2) is 64.1 Å². The highest BCUT2D eigenvalue weighted by atomic mass is 16.5. The molecule has 0 aromatic heterocycles. The van der Waals surface area contributed by atoms with Gasteiger partial charge in [-0.1, -0.05) is 80.0 Å². The van der Waals surface area contributed by atoms with Gasteiger partial charge >= 0.3 is 7.12 Å². The second-order valence-corrected chi connectivity index (χ2v) is 13.4. The minimum absolute atomic E-state index is 0.00361. The molecule has 2 N–H and O–H groups in total. The van der Waals surface area contributed by atoms with E-state index in [1.165, 1.54) is 22.3 Å². The second kappa shape index (κ2) is 14.1. The van der Waals surface area contributed by atoms with Gasteiger partial charge in [0.25, 0.3) is 0 Å². The fourth-order valence-electron chi connectivity index (χ4n) is 8.38. The molecule has 3 heterocycles. The average molecular weight is 611 g/mol. The van der Waals surface area contributed by atoms with E-state index in [1.54, 1.807) is 17.0 Å². The summed E-state index contributed by atoms with van der Waals surface area (Å²) in [7, 11) is -0.950. The van der Waals surface area contributed by atoms with E-state index in [9.17, 15) is 19.7 Å². The summed E-state index contributed by atoms with van der Waals surface area (Å²) in [6, 6.07) is 17.6. The summed E-state index contributed by atoms with van der Waals surface area (Å²) in [5, 5.41) is 20.6. The van der Waals surface area contributed by atoms with E-state index in [1.807, 2.05) is 18.2 Å². The molecule has 45 heavy (non-hydrogen) atoms. The van der Waals surface area contributed by atoms with Crippen LogP contribution in [0, 0.1) is 17.8 Å². The van der Waals surface area contributed by atoms with E-state index in [0.717, 1.165) is 70.1 Å². The van der Waals surface area contributed by atoms with Crippen LogP contribution in [0.4, 0.5) is 0 Å². The first-order chi connectivity index (χ1) is 21.9. The van der Waals surface area contributed by atoms with Crippen molar-refractivity contribution in [2.24, 2.45) is 17.8 Å². The van der Waals surface area contributed by atoms with Gasteiger partial charge in [0.2, 0.25) is 11.8 Å². The van der Waals surface area contributed by atoms with E-state index < -0.39 is 13.0 Å². The summed E-state index contributed by atoms with van der Waals surface area (Å²) < 4.78 is 6.22. The van der Waals surface area contributed by atoms with Crippen molar-refractivity contribution in [2.45, 2.75) is 90.2 Å². The number of hydrogen-bond acceptors (Lipinski definition) is 6. The molecule has 3 aliphatic heterocycles. The zero-order valence-corrected chi connectivity index (χ0v) is 26.7. The monoisotopic (exact) mass is 610 g/mol. The largest absolute Gasteiger partial charge is 0.508 e. The van der Waals surface area contributed by atoms with Gasteiger partial charge in [-0.25, -0.2) is 0 Å². The fraction of sp³-hybridized carbons (Fsp3) is 0.514. The first-order valence-corrected chi connectivity index (χ1v) is 17.0. The predicted molar refractivity (Wildman–Crippen MR) is 177 cm³/mol. The van der Waals surface area contributed by atoms with Crippen LogP contribution in [-0.2, 0) is 20.8 Å². The number of rotatable bonds is 10. The smallest absolute Gasteiger partial charge is 0.455 e. The van der Waals surface area contributed by atoms with Crippen LogP contribution in [0.2, 0.25) is 6.32 Å². The number of likely N-dealkylation sites (tertiary alicyclic amines) is 2. The van der Waals surface area contributed by atoms with Crippen LogP contribution in [0.3, 0.4) is 0 Å². The molecule has 2 aromatic rings. The Bertz CT molecular complexity index is 1420. The van der Waals surface area contributed by atoms with E-state index in [2.05, 4.69) is 49.1 Å². The molecular formula is C37H47BN2O5. The Morgan fingerprint density at radius 3 is 2.40 bits per heavy atom. The minimum atomic E-state index is -0.950. The summed E-state index contributed by atoms with van der Waals surface area (Å²) in [5.74, 6) is -0.690. The van der Waals surface area contributed by atoms with Crippen molar-refractivity contribution >= 4 is 25.0 Å². The van der Waals surface area contributed by atoms with Crippen LogP contribution in [0.5, 0.6) is 5.75 Å². The highest BCUT2D eigenvalue weighted by Gasteiger charge is 2.58. The summed E-state index contributed by atoms with van der Waals surface area (Å²) in [6.45, 7) is 6.93. The summed E-state index contributed by atoms with van der Waals surface area (Å²) in [6.07, 6.45) is 8.83. The maximum Gasteiger partial charge on any atom is 0.455 e. The Hall–Kier alpha value is -3.20. The molecule has 3 fully saturated rings. The molecule has 7 nitrogen and oxygen atoms in total. The van der Waals surface area contributed by atoms with E-state index in [4.69, 9.17) is 4.65 Å². The van der Waals surface area contributed by atoms with E-state index >= 15 is 0 Å². The SMILES string of the molecule is CCC/C(=C\c1ccc(O)cc1)CC[C@H]1OB(O)C[C@H]2C1=C(CC)C[C@H]1C(=O)N(C3CCN(Cc4ccccc4)CC3)C(=O)[C@H]12. The van der Waals surface area contributed by atoms with Gasteiger partial charge in [-0.15, -0.1) is 0 Å². The van der Waals surface area contributed by atoms with Gasteiger partial charge in [-0.05, 0) is 86.0 Å². The molecule has 1 aliphatic carbocycles. The van der Waals surface area contributed by atoms with Gasteiger partial charge in [0.1, 0.15) is 5.75 Å². The lowest BCUT2D eigenvalue weighted by Gasteiger charge is -2.43. The number of phenolic OH excluding ortho intramolecular Hbond substituents is 1. The molecule has 0 unspecified atom stereocenters. The van der Waals surface area contributed by atoms with Crippen molar-refractivity contribution in [2.75, 3.05) is 13.1 Å². The van der Waals surface area contributed by atoms with Crippen molar-refractivity contribution in [1.82, 2.24) is 9.80 Å². The molecular weight excluding hydrogens is 563 g/mol. The Kier molecular flexibility index (Phi) is 9.93. The van der Waals surface area contributed by atoms with Gasteiger partial charge in [-0.3, -0.25) is 19.4 Å². The third-order valence-electron chi connectivity index (χ3n) is 10.5. The lowest BCUT2D eigenvalue weighted by atomic mass is 9.58. The predicted octanol–water partition coefficient (Wildman–Crippen LogP) is 6.23. The maximum absolute atomic E-state index is 14.2. The molecule has 238 valence electrons. The molecule has 0 saturated carbocycles. The first-order valence-electron chi connectivity index (χ1n) is 17.0. The number of amides is 2. The normalized spacial score (nSPS) is 26.4. The van der Waals surface area contributed by atoms with E-state index in [0.29, 0.717) is 12.7 Å². The Morgan fingerprint density at radius 1 is 0.978 bits per heavy atom. The summed E-state index contributed by atoms with van der Waals surface area (Å²) in [4.78, 5) is 32.2. The molecule has 3 saturated heterocycles. The number of carbonyl (C=O) groups excluding carboxylic acids is 2. The average Bonchev–Trinajstić information content (AvgIpc) is 3.30. The summed E-state index contributed by atoms with van der Waals surface area (Å²) >= 11 is 0. The number of allylic oxidation sites excluding steroid dienone is 2. The lowest BCUT2D eigenvalue weighted by molar-refractivity contribution is -0.144. The number of fused-ring (bicyclic) bond motifs is 3. The molecule has 0 spiro atoms. The van der Waals surface area contributed by atoms with Crippen LogP contribution >= 0.6 is 0 Å². The third-order valence-corrected chi connectivity index (χ3v) is 10.5. The number of nitrogens with zero attached hydrogens (tertiary/aromatic N) is 2. The fourth-order valence-corrected chi connectivity index (χ4v) is 8.38. The molecule has 0 bridgehead atoms. The second-order valence-electron chi connectivity index (χ2n) is 13.4. The lowest BCUT2D eigenvalue weighted by Crippen LogP contribution is -2.48. The molecule has 0 radical (unpaired) electrons. The number of aromatic hydroxyl groups is 1. The van der Waals surface area contributed by atoms with Crippen molar-refractivity contribution in [3.05, 3.63) is 82.4 Å². The standard InChI is InChI=1S/C37H47BN2O5/c1-3-8-25(21-26-11-14-30(41)15-12-26)13-16-33-34-28(4-2)22-31-35(32(34)23-38(44)45-33)37(43)40(36(31)42)29-17-19-39(20-18-29)24-27-9-6-5-7-10-27/h5-7,9-12,14-15,21,29,31-33,35,41,44H,3-4,8,13,16-20,22-24H2,1-2H3/b25-21+/t31-,32+,33-,35-/m1/s1. The van der Waals surface area contributed by atoms with E-state index in [-0.39, 0.29) is 41.5 Å². The number of piperidine rings is 1. The van der Waals surface area contributed by atoms with Crippen molar-refractivity contribution < 1.29 is 24.4 Å². The molecule has 2 amide bonds. The van der Waals surface area contributed by atoms with Crippen LogP contribution < -0.4 is 0 Å². The Labute approximate surface area is 268 Å². The molecule has 6 rings (SSSR count). The summed E-state index contributed by atoms with van der Waals surface area (Å²) in [5.41, 5.74) is 6.04. The van der Waals surface area contributed by atoms with Crippen LogP contribution in [0.1, 0.15) is 76.3 Å². The van der Waals surface area contributed by atoms with Crippen molar-refractivity contribution in [3.63, 3.8) is 0 Å².